The number of halogens is 1. The largest absolute Gasteiger partial charge is 0.370 e. The van der Waals surface area contributed by atoms with Gasteiger partial charge in [-0.1, -0.05) is 31.5 Å². The lowest BCUT2D eigenvalue weighted by atomic mass is 10.0. The Hall–Kier alpha value is -0.730. The molecule has 2 nitrogen and oxygen atoms in total. The summed E-state index contributed by atoms with van der Waals surface area (Å²) in [7, 11) is 0. The van der Waals surface area contributed by atoms with Gasteiger partial charge in [-0.25, -0.2) is 0 Å². The van der Waals surface area contributed by atoms with Crippen LogP contribution in [-0.2, 0) is 6.42 Å². The predicted octanol–water partition coefficient (Wildman–Crippen LogP) is 3.47. The highest BCUT2D eigenvalue weighted by atomic mass is 35.5. The van der Waals surface area contributed by atoms with E-state index in [1.807, 2.05) is 0 Å². The number of nitrogens with zero attached hydrogens (tertiary/aromatic N) is 1. The third-order valence-corrected chi connectivity index (χ3v) is 4.10. The number of anilines is 1. The third-order valence-electron chi connectivity index (χ3n) is 3.80. The minimum atomic E-state index is 0.235. The van der Waals surface area contributed by atoms with Gasteiger partial charge in [0.1, 0.15) is 0 Å². The van der Waals surface area contributed by atoms with Gasteiger partial charge in [0.25, 0.3) is 0 Å². The van der Waals surface area contributed by atoms with Crippen molar-refractivity contribution in [1.82, 2.24) is 0 Å². The normalized spacial score (nSPS) is 21.3. The lowest BCUT2D eigenvalue weighted by Gasteiger charge is -2.20. The van der Waals surface area contributed by atoms with Gasteiger partial charge in [-0.15, -0.1) is 0 Å². The molecule has 100 valence electrons. The average molecular weight is 267 g/mol. The van der Waals surface area contributed by atoms with Crippen molar-refractivity contribution in [1.29, 1.82) is 0 Å². The number of benzene rings is 1. The molecule has 0 amide bonds. The first-order valence-electron chi connectivity index (χ1n) is 6.89. The van der Waals surface area contributed by atoms with E-state index in [1.54, 1.807) is 0 Å². The number of nitrogens with two attached hydrogens (primary N) is 1. The minimum absolute atomic E-state index is 0.235. The fourth-order valence-electron chi connectivity index (χ4n) is 2.53. The zero-order valence-corrected chi connectivity index (χ0v) is 12.1. The van der Waals surface area contributed by atoms with Gasteiger partial charge in [-0.2, -0.15) is 0 Å². The van der Waals surface area contributed by atoms with Crippen LogP contribution in [0.25, 0.3) is 0 Å². The standard InChI is InChI=1S/C15H23ClN2/c1-3-13(17)8-12-4-5-15(14(16)9-12)18-7-6-11(2)10-18/h4-5,9,11,13H,3,6-8,10,17H2,1-2H3. The van der Waals surface area contributed by atoms with Gasteiger partial charge in [0, 0.05) is 19.1 Å². The van der Waals surface area contributed by atoms with E-state index >= 15 is 0 Å². The summed E-state index contributed by atoms with van der Waals surface area (Å²) >= 11 is 6.40. The van der Waals surface area contributed by atoms with E-state index in [0.29, 0.717) is 0 Å². The third kappa shape index (κ3) is 3.18. The Balaban J connectivity index is 2.10. The first-order chi connectivity index (χ1) is 8.60. The molecule has 0 saturated carbocycles. The van der Waals surface area contributed by atoms with Crippen molar-refractivity contribution >= 4 is 17.3 Å². The lowest BCUT2D eigenvalue weighted by molar-refractivity contribution is 0.646. The molecule has 3 heteroatoms. The van der Waals surface area contributed by atoms with E-state index in [9.17, 15) is 0 Å². The van der Waals surface area contributed by atoms with Gasteiger partial charge < -0.3 is 10.6 Å². The van der Waals surface area contributed by atoms with Crippen LogP contribution < -0.4 is 10.6 Å². The monoisotopic (exact) mass is 266 g/mol. The molecule has 1 fully saturated rings. The van der Waals surface area contributed by atoms with Gasteiger partial charge in [0.15, 0.2) is 0 Å². The fraction of sp³-hybridized carbons (Fsp3) is 0.600. The van der Waals surface area contributed by atoms with Crippen molar-refractivity contribution in [2.24, 2.45) is 11.7 Å². The summed E-state index contributed by atoms with van der Waals surface area (Å²) in [4.78, 5) is 2.39. The molecule has 1 aromatic carbocycles. The fourth-order valence-corrected chi connectivity index (χ4v) is 2.86. The van der Waals surface area contributed by atoms with Gasteiger partial charge in [0.05, 0.1) is 10.7 Å². The van der Waals surface area contributed by atoms with E-state index in [0.717, 1.165) is 36.9 Å². The number of hydrogen-bond donors (Lipinski definition) is 1. The molecule has 2 rings (SSSR count). The summed E-state index contributed by atoms with van der Waals surface area (Å²) in [5.41, 5.74) is 8.40. The molecule has 0 radical (unpaired) electrons. The zero-order valence-electron chi connectivity index (χ0n) is 11.3. The summed E-state index contributed by atoms with van der Waals surface area (Å²) in [6.45, 7) is 6.65. The van der Waals surface area contributed by atoms with Crippen LogP contribution in [0, 0.1) is 5.92 Å². The van der Waals surface area contributed by atoms with Crippen molar-refractivity contribution in [3.05, 3.63) is 28.8 Å². The van der Waals surface area contributed by atoms with Crippen molar-refractivity contribution in [2.45, 2.75) is 39.2 Å². The molecule has 1 aliphatic heterocycles. The minimum Gasteiger partial charge on any atom is -0.370 e. The molecular weight excluding hydrogens is 244 g/mol. The summed E-state index contributed by atoms with van der Waals surface area (Å²) < 4.78 is 0. The Morgan fingerprint density at radius 1 is 1.50 bits per heavy atom. The van der Waals surface area contributed by atoms with Gasteiger partial charge in [-0.05, 0) is 42.9 Å². The van der Waals surface area contributed by atoms with Crippen LogP contribution in [-0.4, -0.2) is 19.1 Å². The van der Waals surface area contributed by atoms with Gasteiger partial charge >= 0.3 is 0 Å². The molecule has 0 bridgehead atoms. The van der Waals surface area contributed by atoms with Crippen molar-refractivity contribution in [2.75, 3.05) is 18.0 Å². The van der Waals surface area contributed by atoms with E-state index in [1.165, 1.54) is 17.7 Å². The highest BCUT2D eigenvalue weighted by Crippen LogP contribution is 2.31. The highest BCUT2D eigenvalue weighted by Gasteiger charge is 2.20. The zero-order chi connectivity index (χ0) is 13.1. The van der Waals surface area contributed by atoms with Crippen molar-refractivity contribution in [3.8, 4) is 0 Å². The molecular formula is C15H23ClN2. The van der Waals surface area contributed by atoms with E-state index in [-0.39, 0.29) is 6.04 Å². The topological polar surface area (TPSA) is 29.3 Å². The Morgan fingerprint density at radius 2 is 2.28 bits per heavy atom. The predicted molar refractivity (Wildman–Crippen MR) is 79.4 cm³/mol. The molecule has 2 atom stereocenters. The average Bonchev–Trinajstić information content (AvgIpc) is 2.75. The summed E-state index contributed by atoms with van der Waals surface area (Å²) in [5, 5.41) is 0.866. The van der Waals surface area contributed by atoms with E-state index in [4.69, 9.17) is 17.3 Å². The van der Waals surface area contributed by atoms with Crippen LogP contribution in [0.2, 0.25) is 5.02 Å². The maximum atomic E-state index is 6.40. The Kier molecular flexibility index (Phi) is 4.52. The van der Waals surface area contributed by atoms with Crippen LogP contribution in [0.15, 0.2) is 18.2 Å². The molecule has 0 aliphatic carbocycles. The maximum Gasteiger partial charge on any atom is 0.0642 e. The van der Waals surface area contributed by atoms with Crippen LogP contribution in [0.4, 0.5) is 5.69 Å². The highest BCUT2D eigenvalue weighted by molar-refractivity contribution is 6.33. The molecule has 1 heterocycles. The first-order valence-corrected chi connectivity index (χ1v) is 7.27. The molecule has 1 aliphatic rings. The molecule has 1 aromatic rings. The van der Waals surface area contributed by atoms with Gasteiger partial charge in [-0.3, -0.25) is 0 Å². The summed E-state index contributed by atoms with van der Waals surface area (Å²) in [6.07, 6.45) is 3.18. The molecule has 0 spiro atoms. The smallest absolute Gasteiger partial charge is 0.0642 e. The van der Waals surface area contributed by atoms with E-state index in [2.05, 4.69) is 36.9 Å². The van der Waals surface area contributed by atoms with Crippen LogP contribution in [0.5, 0.6) is 0 Å². The number of hydrogen-bond acceptors (Lipinski definition) is 2. The first kappa shape index (κ1) is 13.7. The second-order valence-corrected chi connectivity index (χ2v) is 5.91. The molecule has 2 unspecified atom stereocenters. The van der Waals surface area contributed by atoms with Crippen LogP contribution in [0.1, 0.15) is 32.3 Å². The van der Waals surface area contributed by atoms with Crippen LogP contribution >= 0.6 is 11.6 Å². The second-order valence-electron chi connectivity index (χ2n) is 5.50. The summed E-state index contributed by atoms with van der Waals surface area (Å²) in [6, 6.07) is 6.63. The SMILES string of the molecule is CCC(N)Cc1ccc(N2CCC(C)C2)c(Cl)c1. The molecule has 1 saturated heterocycles. The summed E-state index contributed by atoms with van der Waals surface area (Å²) in [5.74, 6) is 0.772. The van der Waals surface area contributed by atoms with E-state index < -0.39 is 0 Å². The van der Waals surface area contributed by atoms with Crippen LogP contribution in [0.3, 0.4) is 0 Å². The van der Waals surface area contributed by atoms with Crippen molar-refractivity contribution in [3.63, 3.8) is 0 Å². The second kappa shape index (κ2) is 5.94. The Bertz CT molecular complexity index is 405. The molecule has 0 aromatic heterocycles. The number of rotatable bonds is 4. The quantitative estimate of drug-likeness (QED) is 0.904. The maximum absolute atomic E-state index is 6.40. The Morgan fingerprint density at radius 3 is 2.83 bits per heavy atom. The lowest BCUT2D eigenvalue weighted by Crippen LogP contribution is -2.22. The molecule has 2 N–H and O–H groups in total. The Labute approximate surface area is 115 Å². The van der Waals surface area contributed by atoms with Crippen molar-refractivity contribution < 1.29 is 0 Å². The molecule has 18 heavy (non-hydrogen) atoms. The van der Waals surface area contributed by atoms with Gasteiger partial charge in [0.2, 0.25) is 0 Å².